The van der Waals surface area contributed by atoms with Crippen LogP contribution in [0.25, 0.3) is 0 Å². The number of hydrogen-bond acceptors (Lipinski definition) is 4. The second-order valence-electron chi connectivity index (χ2n) is 4.50. The molecule has 0 radical (unpaired) electrons. The lowest BCUT2D eigenvalue weighted by molar-refractivity contribution is -0.116. The molecule has 1 aromatic carbocycles. The number of sulfone groups is 1. The largest absolute Gasteiger partial charge is 0.508 e. The SMILES string of the molecule is O=C(Nc1ccc(O)cc1Cl)C1CCCCS1(=O)=O. The van der Waals surface area contributed by atoms with E-state index < -0.39 is 21.0 Å². The number of halogens is 1. The Morgan fingerprint density at radius 2 is 2.11 bits per heavy atom. The summed E-state index contributed by atoms with van der Waals surface area (Å²) in [5, 5.41) is 10.9. The molecule has 1 aliphatic rings. The normalized spacial score (nSPS) is 21.8. The van der Waals surface area contributed by atoms with E-state index >= 15 is 0 Å². The molecule has 0 bridgehead atoms. The molecule has 1 saturated heterocycles. The first-order valence-corrected chi connectivity index (χ1v) is 8.00. The van der Waals surface area contributed by atoms with Crippen LogP contribution < -0.4 is 5.32 Å². The molecule has 0 spiro atoms. The Kier molecular flexibility index (Phi) is 4.01. The third kappa shape index (κ3) is 3.19. The average molecular weight is 304 g/mol. The Hall–Kier alpha value is -1.27. The number of nitrogens with one attached hydrogen (secondary N) is 1. The van der Waals surface area contributed by atoms with Crippen molar-refractivity contribution in [3.63, 3.8) is 0 Å². The maximum absolute atomic E-state index is 12.0. The zero-order valence-electron chi connectivity index (χ0n) is 10.1. The van der Waals surface area contributed by atoms with Gasteiger partial charge in [-0.3, -0.25) is 4.79 Å². The van der Waals surface area contributed by atoms with Crippen LogP contribution in [0, 0.1) is 0 Å². The molecule has 5 nitrogen and oxygen atoms in total. The number of amides is 1. The van der Waals surface area contributed by atoms with Crippen LogP contribution in [-0.4, -0.2) is 30.4 Å². The van der Waals surface area contributed by atoms with Gasteiger partial charge in [-0.1, -0.05) is 18.0 Å². The van der Waals surface area contributed by atoms with Crippen molar-refractivity contribution in [2.24, 2.45) is 0 Å². The van der Waals surface area contributed by atoms with Crippen molar-refractivity contribution >= 4 is 33.0 Å². The second kappa shape index (κ2) is 5.38. The maximum Gasteiger partial charge on any atom is 0.242 e. The number of anilines is 1. The number of carbonyl (C=O) groups is 1. The molecule has 19 heavy (non-hydrogen) atoms. The van der Waals surface area contributed by atoms with E-state index in [9.17, 15) is 18.3 Å². The standard InChI is InChI=1S/C12H14ClNO4S/c13-9-7-8(15)4-5-10(9)14-12(16)11-3-1-2-6-19(11,17)18/h4-5,7,11,15H,1-3,6H2,(H,14,16). The Bertz CT molecular complexity index is 600. The number of phenolic OH excluding ortho intramolecular Hbond substituents is 1. The first-order valence-electron chi connectivity index (χ1n) is 5.91. The monoisotopic (exact) mass is 303 g/mol. The van der Waals surface area contributed by atoms with Crippen LogP contribution in [0.2, 0.25) is 5.02 Å². The number of benzene rings is 1. The van der Waals surface area contributed by atoms with E-state index in [-0.39, 0.29) is 16.5 Å². The van der Waals surface area contributed by atoms with Crippen molar-refractivity contribution in [3.8, 4) is 5.75 Å². The zero-order valence-corrected chi connectivity index (χ0v) is 11.7. The van der Waals surface area contributed by atoms with Crippen LogP contribution >= 0.6 is 11.6 Å². The van der Waals surface area contributed by atoms with Crippen molar-refractivity contribution in [3.05, 3.63) is 23.2 Å². The molecule has 0 saturated carbocycles. The highest BCUT2D eigenvalue weighted by Gasteiger charge is 2.34. The Labute approximate surface area is 116 Å². The smallest absolute Gasteiger partial charge is 0.242 e. The van der Waals surface area contributed by atoms with E-state index in [0.29, 0.717) is 18.5 Å². The number of rotatable bonds is 2. The Balaban J connectivity index is 2.17. The molecule has 0 aliphatic carbocycles. The lowest BCUT2D eigenvalue weighted by Gasteiger charge is -2.21. The molecule has 1 atom stereocenters. The van der Waals surface area contributed by atoms with Crippen LogP contribution in [-0.2, 0) is 14.6 Å². The highest BCUT2D eigenvalue weighted by Crippen LogP contribution is 2.27. The van der Waals surface area contributed by atoms with Crippen LogP contribution in [0.5, 0.6) is 5.75 Å². The zero-order chi connectivity index (χ0) is 14.0. The first kappa shape index (κ1) is 14.1. The minimum absolute atomic E-state index is 0.0201. The van der Waals surface area contributed by atoms with E-state index in [4.69, 9.17) is 11.6 Å². The quantitative estimate of drug-likeness (QED) is 0.818. The summed E-state index contributed by atoms with van der Waals surface area (Å²) in [6, 6.07) is 4.09. The Morgan fingerprint density at radius 3 is 2.74 bits per heavy atom. The molecule has 1 aliphatic heterocycles. The molecule has 0 aromatic heterocycles. The molecule has 1 amide bonds. The van der Waals surface area contributed by atoms with Gasteiger partial charge in [-0.05, 0) is 25.0 Å². The summed E-state index contributed by atoms with van der Waals surface area (Å²) in [4.78, 5) is 12.0. The summed E-state index contributed by atoms with van der Waals surface area (Å²) in [6.45, 7) is 0. The van der Waals surface area contributed by atoms with Gasteiger partial charge in [0.15, 0.2) is 9.84 Å². The van der Waals surface area contributed by atoms with Crippen molar-refractivity contribution in [1.29, 1.82) is 0 Å². The molecule has 1 fully saturated rings. The van der Waals surface area contributed by atoms with Gasteiger partial charge in [0.2, 0.25) is 5.91 Å². The van der Waals surface area contributed by atoms with Crippen LogP contribution in [0.4, 0.5) is 5.69 Å². The summed E-state index contributed by atoms with van der Waals surface area (Å²) in [5.41, 5.74) is 0.297. The van der Waals surface area contributed by atoms with Gasteiger partial charge in [-0.25, -0.2) is 8.42 Å². The lowest BCUT2D eigenvalue weighted by Crippen LogP contribution is -2.39. The van der Waals surface area contributed by atoms with Gasteiger partial charge in [0, 0.05) is 6.07 Å². The number of aromatic hydroxyl groups is 1. The van der Waals surface area contributed by atoms with E-state index in [1.807, 2.05) is 0 Å². The van der Waals surface area contributed by atoms with E-state index in [1.54, 1.807) is 0 Å². The van der Waals surface area contributed by atoms with Crippen LogP contribution in [0.1, 0.15) is 19.3 Å². The minimum atomic E-state index is -3.37. The molecule has 1 unspecified atom stereocenters. The molecular formula is C12H14ClNO4S. The van der Waals surface area contributed by atoms with E-state index in [1.165, 1.54) is 18.2 Å². The van der Waals surface area contributed by atoms with Gasteiger partial charge in [0.05, 0.1) is 16.5 Å². The molecular weight excluding hydrogens is 290 g/mol. The number of phenols is 1. The topological polar surface area (TPSA) is 83.5 Å². The van der Waals surface area contributed by atoms with Gasteiger partial charge in [-0.15, -0.1) is 0 Å². The van der Waals surface area contributed by atoms with Crippen molar-refractivity contribution in [2.45, 2.75) is 24.5 Å². The van der Waals surface area contributed by atoms with Crippen molar-refractivity contribution in [1.82, 2.24) is 0 Å². The molecule has 2 N–H and O–H groups in total. The average Bonchev–Trinajstić information content (AvgIpc) is 2.32. The predicted molar refractivity (Wildman–Crippen MR) is 73.2 cm³/mol. The summed E-state index contributed by atoms with van der Waals surface area (Å²) in [5.74, 6) is -0.533. The van der Waals surface area contributed by atoms with E-state index in [2.05, 4.69) is 5.32 Å². The fourth-order valence-electron chi connectivity index (χ4n) is 2.07. The van der Waals surface area contributed by atoms with Crippen LogP contribution in [0.3, 0.4) is 0 Å². The maximum atomic E-state index is 12.0. The van der Waals surface area contributed by atoms with Crippen molar-refractivity contribution < 1.29 is 18.3 Å². The number of carbonyl (C=O) groups excluding carboxylic acids is 1. The molecule has 2 rings (SSSR count). The molecule has 7 heteroatoms. The van der Waals surface area contributed by atoms with Gasteiger partial charge < -0.3 is 10.4 Å². The highest BCUT2D eigenvalue weighted by molar-refractivity contribution is 7.92. The lowest BCUT2D eigenvalue weighted by atomic mass is 10.2. The Morgan fingerprint density at radius 1 is 1.37 bits per heavy atom. The fraction of sp³-hybridized carbons (Fsp3) is 0.417. The second-order valence-corrected chi connectivity index (χ2v) is 7.22. The molecule has 104 valence electrons. The van der Waals surface area contributed by atoms with E-state index in [0.717, 1.165) is 6.42 Å². The minimum Gasteiger partial charge on any atom is -0.508 e. The van der Waals surface area contributed by atoms with Gasteiger partial charge in [-0.2, -0.15) is 0 Å². The van der Waals surface area contributed by atoms with Crippen molar-refractivity contribution in [2.75, 3.05) is 11.1 Å². The first-order chi connectivity index (χ1) is 8.90. The summed E-state index contributed by atoms with van der Waals surface area (Å²) in [6.07, 6.45) is 1.66. The summed E-state index contributed by atoms with van der Waals surface area (Å²) < 4.78 is 23.6. The van der Waals surface area contributed by atoms with Gasteiger partial charge >= 0.3 is 0 Å². The molecule has 1 heterocycles. The fourth-order valence-corrected chi connectivity index (χ4v) is 4.09. The third-order valence-electron chi connectivity index (χ3n) is 3.08. The summed E-state index contributed by atoms with van der Waals surface area (Å²) in [7, 11) is -3.37. The number of hydrogen-bond donors (Lipinski definition) is 2. The third-order valence-corrected chi connectivity index (χ3v) is 5.57. The van der Waals surface area contributed by atoms with Gasteiger partial charge in [0.1, 0.15) is 11.0 Å². The highest BCUT2D eigenvalue weighted by atomic mass is 35.5. The molecule has 1 aromatic rings. The summed E-state index contributed by atoms with van der Waals surface area (Å²) >= 11 is 5.86. The van der Waals surface area contributed by atoms with Crippen LogP contribution in [0.15, 0.2) is 18.2 Å². The van der Waals surface area contributed by atoms with Gasteiger partial charge in [0.25, 0.3) is 0 Å². The predicted octanol–water partition coefficient (Wildman–Crippen LogP) is 1.95.